The van der Waals surface area contributed by atoms with Crippen molar-refractivity contribution in [2.75, 3.05) is 0 Å². The number of allylic oxidation sites excluding steroid dienone is 2. The highest BCUT2D eigenvalue weighted by Crippen LogP contribution is 2.25. The molecule has 1 aliphatic carbocycles. The molecule has 0 saturated heterocycles. The number of nitrogens with zero attached hydrogens (tertiary/aromatic N) is 1. The number of rotatable bonds is 3. The lowest BCUT2D eigenvalue weighted by atomic mass is 10.3. The molecule has 0 aromatic heterocycles. The molecular weight excluding hydrogens is 134 g/mol. The summed E-state index contributed by atoms with van der Waals surface area (Å²) in [6, 6.07) is 0. The van der Waals surface area contributed by atoms with Gasteiger partial charge in [0.1, 0.15) is 0 Å². The van der Waals surface area contributed by atoms with Crippen molar-refractivity contribution in [1.29, 1.82) is 0 Å². The third-order valence-electron chi connectivity index (χ3n) is 2.12. The van der Waals surface area contributed by atoms with E-state index in [1.807, 2.05) is 0 Å². The SMILES string of the molecule is CCCC=NC1=C(C)CCC1. The average Bonchev–Trinajstić information content (AvgIpc) is 2.37. The zero-order valence-electron chi connectivity index (χ0n) is 7.56. The monoisotopic (exact) mass is 151 g/mol. The molecule has 0 aromatic rings. The minimum Gasteiger partial charge on any atom is -0.266 e. The Labute approximate surface area is 69.2 Å². The van der Waals surface area contributed by atoms with Gasteiger partial charge in [-0.15, -0.1) is 0 Å². The van der Waals surface area contributed by atoms with Crippen LogP contribution in [-0.2, 0) is 0 Å². The second-order valence-electron chi connectivity index (χ2n) is 3.18. The van der Waals surface area contributed by atoms with Crippen molar-refractivity contribution in [1.82, 2.24) is 0 Å². The summed E-state index contributed by atoms with van der Waals surface area (Å²) in [5.41, 5.74) is 2.84. The van der Waals surface area contributed by atoms with Crippen LogP contribution in [0.15, 0.2) is 16.3 Å². The first-order valence-electron chi connectivity index (χ1n) is 4.55. The third kappa shape index (κ3) is 2.49. The van der Waals surface area contributed by atoms with E-state index in [2.05, 4.69) is 25.1 Å². The van der Waals surface area contributed by atoms with E-state index in [-0.39, 0.29) is 0 Å². The van der Waals surface area contributed by atoms with Crippen molar-refractivity contribution in [3.05, 3.63) is 11.3 Å². The van der Waals surface area contributed by atoms with E-state index in [1.54, 1.807) is 0 Å². The Bertz CT molecular complexity index is 177. The van der Waals surface area contributed by atoms with E-state index in [9.17, 15) is 0 Å². The van der Waals surface area contributed by atoms with E-state index in [0.717, 1.165) is 6.42 Å². The van der Waals surface area contributed by atoms with Crippen LogP contribution in [0, 0.1) is 0 Å². The molecule has 0 heterocycles. The predicted molar refractivity (Wildman–Crippen MR) is 50.0 cm³/mol. The highest BCUT2D eigenvalue weighted by molar-refractivity contribution is 5.59. The smallest absolute Gasteiger partial charge is 0.0389 e. The minimum absolute atomic E-state index is 1.12. The van der Waals surface area contributed by atoms with Gasteiger partial charge in [0.15, 0.2) is 0 Å². The predicted octanol–water partition coefficient (Wildman–Crippen LogP) is 3.32. The van der Waals surface area contributed by atoms with E-state index < -0.39 is 0 Å². The molecule has 62 valence electrons. The van der Waals surface area contributed by atoms with Crippen molar-refractivity contribution in [3.8, 4) is 0 Å². The first-order chi connectivity index (χ1) is 5.34. The molecule has 0 saturated carbocycles. The fourth-order valence-corrected chi connectivity index (χ4v) is 1.36. The second-order valence-corrected chi connectivity index (χ2v) is 3.18. The largest absolute Gasteiger partial charge is 0.266 e. The molecule has 1 heteroatoms. The van der Waals surface area contributed by atoms with Gasteiger partial charge in [-0.2, -0.15) is 0 Å². The number of aliphatic imine (C=N–C) groups is 1. The van der Waals surface area contributed by atoms with Gasteiger partial charge in [-0.1, -0.05) is 18.9 Å². The van der Waals surface area contributed by atoms with E-state index >= 15 is 0 Å². The standard InChI is InChI=1S/C10H17N/c1-3-4-8-11-10-7-5-6-9(10)2/h8H,3-7H2,1-2H3. The molecular formula is C10H17N. The van der Waals surface area contributed by atoms with Crippen molar-refractivity contribution in [2.45, 2.75) is 46.0 Å². The van der Waals surface area contributed by atoms with E-state index in [1.165, 1.54) is 37.0 Å². The van der Waals surface area contributed by atoms with Gasteiger partial charge in [-0.25, -0.2) is 0 Å². The highest BCUT2D eigenvalue weighted by atomic mass is 14.7. The van der Waals surface area contributed by atoms with Gasteiger partial charge in [0, 0.05) is 11.9 Å². The summed E-state index contributed by atoms with van der Waals surface area (Å²) in [4.78, 5) is 4.45. The second kappa shape index (κ2) is 4.32. The molecule has 1 rings (SSSR count). The molecule has 0 aromatic carbocycles. The summed E-state index contributed by atoms with van der Waals surface area (Å²) >= 11 is 0. The maximum absolute atomic E-state index is 4.45. The normalized spacial score (nSPS) is 18.7. The Morgan fingerprint density at radius 3 is 2.82 bits per heavy atom. The lowest BCUT2D eigenvalue weighted by molar-refractivity contribution is 0.888. The molecule has 0 aliphatic heterocycles. The summed E-state index contributed by atoms with van der Waals surface area (Å²) in [5.74, 6) is 0. The Balaban J connectivity index is 2.41. The minimum atomic E-state index is 1.12. The van der Waals surface area contributed by atoms with Crippen molar-refractivity contribution >= 4 is 6.21 Å². The van der Waals surface area contributed by atoms with Gasteiger partial charge in [0.2, 0.25) is 0 Å². The maximum Gasteiger partial charge on any atom is 0.0389 e. The molecule has 11 heavy (non-hydrogen) atoms. The van der Waals surface area contributed by atoms with Gasteiger partial charge < -0.3 is 0 Å². The molecule has 1 aliphatic rings. The fraction of sp³-hybridized carbons (Fsp3) is 0.700. The van der Waals surface area contributed by atoms with Gasteiger partial charge in [0.05, 0.1) is 0 Å². The first kappa shape index (κ1) is 8.51. The van der Waals surface area contributed by atoms with Gasteiger partial charge in [0.25, 0.3) is 0 Å². The molecule has 0 bridgehead atoms. The Kier molecular flexibility index (Phi) is 3.34. The quantitative estimate of drug-likeness (QED) is 0.549. The average molecular weight is 151 g/mol. The Morgan fingerprint density at radius 2 is 2.27 bits per heavy atom. The molecule has 0 spiro atoms. The first-order valence-corrected chi connectivity index (χ1v) is 4.55. The van der Waals surface area contributed by atoms with Crippen LogP contribution in [0.25, 0.3) is 0 Å². The lowest BCUT2D eigenvalue weighted by Crippen LogP contribution is -1.77. The van der Waals surface area contributed by atoms with Crippen LogP contribution in [0.2, 0.25) is 0 Å². The van der Waals surface area contributed by atoms with Gasteiger partial charge in [-0.3, -0.25) is 4.99 Å². The zero-order valence-corrected chi connectivity index (χ0v) is 7.56. The molecule has 0 fully saturated rings. The Hall–Kier alpha value is -0.590. The summed E-state index contributed by atoms with van der Waals surface area (Å²) in [5, 5.41) is 0. The molecule has 1 nitrogen and oxygen atoms in total. The van der Waals surface area contributed by atoms with Crippen LogP contribution >= 0.6 is 0 Å². The molecule has 0 N–H and O–H groups in total. The fourth-order valence-electron chi connectivity index (χ4n) is 1.36. The summed E-state index contributed by atoms with van der Waals surface area (Å²) < 4.78 is 0. The van der Waals surface area contributed by atoms with Crippen LogP contribution in [0.5, 0.6) is 0 Å². The van der Waals surface area contributed by atoms with Crippen LogP contribution in [0.1, 0.15) is 46.0 Å². The van der Waals surface area contributed by atoms with Crippen LogP contribution in [0.3, 0.4) is 0 Å². The lowest BCUT2D eigenvalue weighted by Gasteiger charge is -1.93. The molecule has 0 unspecified atom stereocenters. The molecule has 0 amide bonds. The van der Waals surface area contributed by atoms with Crippen LogP contribution in [0.4, 0.5) is 0 Å². The van der Waals surface area contributed by atoms with Gasteiger partial charge >= 0.3 is 0 Å². The molecule has 0 atom stereocenters. The number of hydrogen-bond acceptors (Lipinski definition) is 1. The summed E-state index contributed by atoms with van der Waals surface area (Å²) in [7, 11) is 0. The van der Waals surface area contributed by atoms with Crippen LogP contribution in [-0.4, -0.2) is 6.21 Å². The Morgan fingerprint density at radius 1 is 1.45 bits per heavy atom. The van der Waals surface area contributed by atoms with Crippen LogP contribution < -0.4 is 0 Å². The van der Waals surface area contributed by atoms with Crippen molar-refractivity contribution < 1.29 is 0 Å². The zero-order chi connectivity index (χ0) is 8.10. The topological polar surface area (TPSA) is 12.4 Å². The van der Waals surface area contributed by atoms with E-state index in [4.69, 9.17) is 0 Å². The van der Waals surface area contributed by atoms with E-state index in [0.29, 0.717) is 0 Å². The van der Waals surface area contributed by atoms with Crippen molar-refractivity contribution in [2.24, 2.45) is 4.99 Å². The highest BCUT2D eigenvalue weighted by Gasteiger charge is 2.07. The summed E-state index contributed by atoms with van der Waals surface area (Å²) in [6.07, 6.45) is 8.16. The number of hydrogen-bond donors (Lipinski definition) is 0. The molecule has 0 radical (unpaired) electrons. The summed E-state index contributed by atoms with van der Waals surface area (Å²) in [6.45, 7) is 4.38. The third-order valence-corrected chi connectivity index (χ3v) is 2.12. The number of unbranched alkanes of at least 4 members (excludes halogenated alkanes) is 1. The maximum atomic E-state index is 4.45. The van der Waals surface area contributed by atoms with Crippen molar-refractivity contribution in [3.63, 3.8) is 0 Å². The van der Waals surface area contributed by atoms with Gasteiger partial charge in [-0.05, 0) is 32.6 Å².